The average Bonchev–Trinajstić information content (AvgIpc) is 2.58. The van der Waals surface area contributed by atoms with Gasteiger partial charge < -0.3 is 5.32 Å². The van der Waals surface area contributed by atoms with Crippen molar-refractivity contribution in [1.82, 2.24) is 10.0 Å². The Morgan fingerprint density at radius 3 is 2.56 bits per heavy atom. The molecule has 0 amide bonds. The van der Waals surface area contributed by atoms with Crippen molar-refractivity contribution in [2.24, 2.45) is 5.41 Å². The molecule has 2 atom stereocenters. The molecule has 1 saturated heterocycles. The normalized spacial score (nSPS) is 32.6. The Morgan fingerprint density at radius 2 is 2.00 bits per heavy atom. The highest BCUT2D eigenvalue weighted by Crippen LogP contribution is 2.37. The highest BCUT2D eigenvalue weighted by Gasteiger charge is 2.37. The van der Waals surface area contributed by atoms with Crippen LogP contribution in [-0.4, -0.2) is 32.8 Å². The number of sulfonamides is 1. The number of nitrogens with one attached hydrogen (secondary N) is 2. The standard InChI is InChI=1S/C13H26N2O2S/c1-13(2)8-5-7-12(13)15-18(16,17)10-11-6-3-4-9-14-11/h11-12,14-15H,3-10H2,1-2H3. The second-order valence-corrected chi connectivity index (χ2v) is 8.28. The van der Waals surface area contributed by atoms with E-state index in [1.165, 1.54) is 6.42 Å². The largest absolute Gasteiger partial charge is 0.313 e. The Hall–Kier alpha value is -0.130. The fourth-order valence-corrected chi connectivity index (χ4v) is 4.92. The second-order valence-electron chi connectivity index (χ2n) is 6.48. The molecule has 1 saturated carbocycles. The van der Waals surface area contributed by atoms with E-state index in [0.717, 1.165) is 38.6 Å². The van der Waals surface area contributed by atoms with Crippen LogP contribution in [0.15, 0.2) is 0 Å². The van der Waals surface area contributed by atoms with Gasteiger partial charge in [-0.3, -0.25) is 0 Å². The number of rotatable bonds is 4. The molecule has 5 heteroatoms. The van der Waals surface area contributed by atoms with E-state index in [1.54, 1.807) is 0 Å². The molecule has 0 spiro atoms. The van der Waals surface area contributed by atoms with Gasteiger partial charge in [0.05, 0.1) is 5.75 Å². The van der Waals surface area contributed by atoms with E-state index in [9.17, 15) is 8.42 Å². The topological polar surface area (TPSA) is 58.2 Å². The smallest absolute Gasteiger partial charge is 0.213 e. The van der Waals surface area contributed by atoms with E-state index in [-0.39, 0.29) is 23.3 Å². The second kappa shape index (κ2) is 5.47. The number of hydrogen-bond donors (Lipinski definition) is 2. The van der Waals surface area contributed by atoms with Crippen molar-refractivity contribution in [2.45, 2.75) is 64.5 Å². The molecule has 4 nitrogen and oxygen atoms in total. The molecule has 106 valence electrons. The predicted octanol–water partition coefficient (Wildman–Crippen LogP) is 1.63. The van der Waals surface area contributed by atoms with E-state index < -0.39 is 10.0 Å². The summed E-state index contributed by atoms with van der Waals surface area (Å²) in [7, 11) is -3.15. The van der Waals surface area contributed by atoms with Gasteiger partial charge in [-0.15, -0.1) is 0 Å². The molecule has 0 bridgehead atoms. The fourth-order valence-electron chi connectivity index (χ4n) is 3.14. The van der Waals surface area contributed by atoms with Crippen LogP contribution < -0.4 is 10.0 Å². The summed E-state index contributed by atoms with van der Waals surface area (Å²) in [5.41, 5.74) is 0.104. The van der Waals surface area contributed by atoms with Crippen LogP contribution in [0.25, 0.3) is 0 Å². The maximum atomic E-state index is 12.2. The van der Waals surface area contributed by atoms with Crippen molar-refractivity contribution in [1.29, 1.82) is 0 Å². The van der Waals surface area contributed by atoms with Gasteiger partial charge in [-0.2, -0.15) is 0 Å². The highest BCUT2D eigenvalue weighted by molar-refractivity contribution is 7.89. The first-order valence-electron chi connectivity index (χ1n) is 7.12. The van der Waals surface area contributed by atoms with Crippen LogP contribution in [0, 0.1) is 5.41 Å². The Morgan fingerprint density at radius 1 is 1.22 bits per heavy atom. The number of piperidine rings is 1. The Labute approximate surface area is 111 Å². The lowest BCUT2D eigenvalue weighted by Crippen LogP contribution is -2.47. The van der Waals surface area contributed by atoms with Gasteiger partial charge in [0, 0.05) is 12.1 Å². The van der Waals surface area contributed by atoms with Gasteiger partial charge >= 0.3 is 0 Å². The fraction of sp³-hybridized carbons (Fsp3) is 1.00. The summed E-state index contributed by atoms with van der Waals surface area (Å²) < 4.78 is 27.3. The molecule has 2 fully saturated rings. The van der Waals surface area contributed by atoms with E-state index in [4.69, 9.17) is 0 Å². The molecule has 1 aliphatic carbocycles. The molecular formula is C13H26N2O2S. The summed E-state index contributed by atoms with van der Waals surface area (Å²) >= 11 is 0. The maximum Gasteiger partial charge on any atom is 0.213 e. The molecule has 1 heterocycles. The van der Waals surface area contributed by atoms with Crippen molar-refractivity contribution in [2.75, 3.05) is 12.3 Å². The van der Waals surface area contributed by atoms with Gasteiger partial charge in [-0.05, 0) is 37.6 Å². The average molecular weight is 274 g/mol. The van der Waals surface area contributed by atoms with Gasteiger partial charge in [0.25, 0.3) is 0 Å². The molecule has 0 aromatic carbocycles. The zero-order chi connectivity index (χ0) is 13.2. The summed E-state index contributed by atoms with van der Waals surface area (Å²) in [6, 6.07) is 0.256. The molecular weight excluding hydrogens is 248 g/mol. The molecule has 1 aliphatic heterocycles. The summed E-state index contributed by atoms with van der Waals surface area (Å²) in [5, 5.41) is 3.30. The molecule has 2 N–H and O–H groups in total. The van der Waals surface area contributed by atoms with E-state index in [1.807, 2.05) is 0 Å². The quantitative estimate of drug-likeness (QED) is 0.819. The van der Waals surface area contributed by atoms with Crippen LogP contribution in [0.5, 0.6) is 0 Å². The first-order chi connectivity index (χ1) is 8.39. The zero-order valence-corrected chi connectivity index (χ0v) is 12.4. The molecule has 2 aliphatic rings. The minimum atomic E-state index is -3.15. The highest BCUT2D eigenvalue weighted by atomic mass is 32.2. The van der Waals surface area contributed by atoms with E-state index in [2.05, 4.69) is 23.9 Å². The van der Waals surface area contributed by atoms with Crippen LogP contribution in [0.3, 0.4) is 0 Å². The lowest BCUT2D eigenvalue weighted by Gasteiger charge is -2.29. The van der Waals surface area contributed by atoms with Gasteiger partial charge in [0.15, 0.2) is 0 Å². The minimum Gasteiger partial charge on any atom is -0.313 e. The molecule has 0 radical (unpaired) electrons. The Balaban J connectivity index is 1.90. The van der Waals surface area contributed by atoms with Crippen LogP contribution >= 0.6 is 0 Å². The zero-order valence-electron chi connectivity index (χ0n) is 11.5. The first-order valence-corrected chi connectivity index (χ1v) is 8.78. The van der Waals surface area contributed by atoms with Crippen molar-refractivity contribution in [3.63, 3.8) is 0 Å². The van der Waals surface area contributed by atoms with Crippen molar-refractivity contribution < 1.29 is 8.42 Å². The van der Waals surface area contributed by atoms with Gasteiger partial charge in [0.1, 0.15) is 0 Å². The van der Waals surface area contributed by atoms with E-state index in [0.29, 0.717) is 0 Å². The van der Waals surface area contributed by atoms with E-state index >= 15 is 0 Å². The van der Waals surface area contributed by atoms with Crippen molar-refractivity contribution >= 4 is 10.0 Å². The van der Waals surface area contributed by atoms with Crippen molar-refractivity contribution in [3.8, 4) is 0 Å². The summed E-state index contributed by atoms with van der Waals surface area (Å²) in [4.78, 5) is 0. The van der Waals surface area contributed by atoms with Gasteiger partial charge in [-0.25, -0.2) is 13.1 Å². The lowest BCUT2D eigenvalue weighted by molar-refractivity contribution is 0.312. The predicted molar refractivity (Wildman–Crippen MR) is 74.0 cm³/mol. The third-order valence-corrected chi connectivity index (χ3v) is 5.90. The van der Waals surface area contributed by atoms with Gasteiger partial charge in [0.2, 0.25) is 10.0 Å². The summed E-state index contributed by atoms with van der Waals surface area (Å²) in [5.74, 6) is 0.236. The lowest BCUT2D eigenvalue weighted by atomic mass is 9.88. The molecule has 2 rings (SSSR count). The van der Waals surface area contributed by atoms with Crippen LogP contribution in [0.4, 0.5) is 0 Å². The van der Waals surface area contributed by atoms with Gasteiger partial charge in [-0.1, -0.05) is 26.7 Å². The third-order valence-electron chi connectivity index (χ3n) is 4.41. The minimum absolute atomic E-state index is 0.104. The van der Waals surface area contributed by atoms with Crippen molar-refractivity contribution in [3.05, 3.63) is 0 Å². The monoisotopic (exact) mass is 274 g/mol. The van der Waals surface area contributed by atoms with Crippen LogP contribution in [0.1, 0.15) is 52.4 Å². The molecule has 0 aromatic heterocycles. The summed E-state index contributed by atoms with van der Waals surface area (Å²) in [6.07, 6.45) is 6.50. The Kier molecular flexibility index (Phi) is 4.34. The number of hydrogen-bond acceptors (Lipinski definition) is 3. The van der Waals surface area contributed by atoms with Crippen LogP contribution in [-0.2, 0) is 10.0 Å². The molecule has 0 aromatic rings. The maximum absolute atomic E-state index is 12.2. The molecule has 2 unspecified atom stereocenters. The Bertz CT molecular complexity index is 372. The molecule has 18 heavy (non-hydrogen) atoms. The third kappa shape index (κ3) is 3.68. The van der Waals surface area contributed by atoms with Crippen LogP contribution in [0.2, 0.25) is 0 Å². The first kappa shape index (κ1) is 14.3. The SMILES string of the molecule is CC1(C)CCCC1NS(=O)(=O)CC1CCCCN1. The summed E-state index contributed by atoms with van der Waals surface area (Å²) in [6.45, 7) is 5.27.